The molecule has 0 spiro atoms. The minimum atomic E-state index is -4.01. The van der Waals surface area contributed by atoms with Crippen molar-refractivity contribution in [1.29, 1.82) is 0 Å². The van der Waals surface area contributed by atoms with Crippen molar-refractivity contribution in [2.45, 2.75) is 25.3 Å². The Balaban J connectivity index is 1.77. The lowest BCUT2D eigenvalue weighted by Gasteiger charge is -2.21. The third kappa shape index (κ3) is 7.09. The van der Waals surface area contributed by atoms with Crippen LogP contribution in [-0.2, 0) is 26.2 Å². The topological polar surface area (TPSA) is 108 Å². The number of benzene rings is 3. The minimum absolute atomic E-state index is 0.00567. The predicted molar refractivity (Wildman–Crippen MR) is 132 cm³/mol. The number of hydrogen-bond acceptors (Lipinski definition) is 5. The summed E-state index contributed by atoms with van der Waals surface area (Å²) in [5, 5.41) is 6.54. The van der Waals surface area contributed by atoms with E-state index in [0.717, 1.165) is 21.0 Å². The number of hydrazone groups is 1. The molecular weight excluding hydrogens is 452 g/mol. The van der Waals surface area contributed by atoms with Crippen LogP contribution < -0.4 is 10.7 Å². The summed E-state index contributed by atoms with van der Waals surface area (Å²) in [6.07, 6.45) is 1.49. The molecule has 0 saturated heterocycles. The van der Waals surface area contributed by atoms with E-state index in [1.54, 1.807) is 24.3 Å². The molecular formula is C25H26N4O4S. The largest absolute Gasteiger partial charge is 0.326 e. The molecule has 2 amide bonds. The summed E-state index contributed by atoms with van der Waals surface area (Å²) < 4.78 is 27.8. The van der Waals surface area contributed by atoms with E-state index in [-0.39, 0.29) is 17.3 Å². The second-order valence-electron chi connectivity index (χ2n) is 7.67. The zero-order valence-electron chi connectivity index (χ0n) is 18.9. The van der Waals surface area contributed by atoms with Crippen LogP contribution >= 0.6 is 0 Å². The third-order valence-corrected chi connectivity index (χ3v) is 6.62. The number of anilines is 1. The molecule has 0 heterocycles. The third-order valence-electron chi connectivity index (χ3n) is 4.81. The summed E-state index contributed by atoms with van der Waals surface area (Å²) >= 11 is 0. The average molecular weight is 479 g/mol. The lowest BCUT2D eigenvalue weighted by molar-refractivity contribution is -0.121. The number of carbonyl (C=O) groups excluding carboxylic acids is 2. The maximum atomic E-state index is 13.4. The number of sulfonamides is 1. The summed E-state index contributed by atoms with van der Waals surface area (Å²) in [7, 11) is -4.01. The summed E-state index contributed by atoms with van der Waals surface area (Å²) in [6.45, 7) is 2.92. The number of hydrogen-bond donors (Lipinski definition) is 2. The number of rotatable bonds is 9. The van der Waals surface area contributed by atoms with Gasteiger partial charge in [-0.1, -0.05) is 60.2 Å². The van der Waals surface area contributed by atoms with E-state index in [9.17, 15) is 18.0 Å². The zero-order chi connectivity index (χ0) is 24.6. The summed E-state index contributed by atoms with van der Waals surface area (Å²) in [5.41, 5.74) is 5.51. The van der Waals surface area contributed by atoms with E-state index in [0.29, 0.717) is 5.69 Å². The molecule has 3 aromatic rings. The Morgan fingerprint density at radius 2 is 1.59 bits per heavy atom. The number of amides is 2. The molecule has 0 aliphatic rings. The van der Waals surface area contributed by atoms with E-state index in [4.69, 9.17) is 0 Å². The maximum Gasteiger partial charge on any atom is 0.255 e. The van der Waals surface area contributed by atoms with Crippen molar-refractivity contribution in [3.8, 4) is 0 Å². The van der Waals surface area contributed by atoms with E-state index in [2.05, 4.69) is 15.8 Å². The summed E-state index contributed by atoms with van der Waals surface area (Å²) in [6, 6.07) is 22.4. The lowest BCUT2D eigenvalue weighted by Crippen LogP contribution is -2.39. The molecule has 0 fully saturated rings. The summed E-state index contributed by atoms with van der Waals surface area (Å²) in [4.78, 5) is 23.8. The second-order valence-corrected chi connectivity index (χ2v) is 9.61. The SMILES string of the molecule is CC(=O)Nc1ccc(S(=O)(=O)N(CC(=O)N/N=C\c2ccc(C)cc2)Cc2ccccc2)cc1. The van der Waals surface area contributed by atoms with Gasteiger partial charge in [0.05, 0.1) is 17.7 Å². The second kappa shape index (κ2) is 11.4. The van der Waals surface area contributed by atoms with Gasteiger partial charge in [-0.15, -0.1) is 0 Å². The number of nitrogens with zero attached hydrogens (tertiary/aromatic N) is 2. The Hall–Kier alpha value is -3.82. The molecule has 0 saturated carbocycles. The van der Waals surface area contributed by atoms with Gasteiger partial charge in [0.1, 0.15) is 0 Å². The molecule has 2 N–H and O–H groups in total. The Labute approximate surface area is 199 Å². The first-order chi connectivity index (χ1) is 16.2. The number of nitrogens with one attached hydrogen (secondary N) is 2. The molecule has 0 aliphatic carbocycles. The molecule has 3 aromatic carbocycles. The van der Waals surface area contributed by atoms with Crippen LogP contribution in [0.5, 0.6) is 0 Å². The first kappa shape index (κ1) is 24.8. The number of carbonyl (C=O) groups is 2. The van der Waals surface area contributed by atoms with Crippen LogP contribution in [0.4, 0.5) is 5.69 Å². The van der Waals surface area contributed by atoms with E-state index in [1.807, 2.05) is 37.3 Å². The van der Waals surface area contributed by atoms with Crippen molar-refractivity contribution in [3.05, 3.63) is 95.6 Å². The molecule has 0 unspecified atom stereocenters. The van der Waals surface area contributed by atoms with Crippen molar-refractivity contribution >= 4 is 33.7 Å². The van der Waals surface area contributed by atoms with Crippen LogP contribution in [0.25, 0.3) is 0 Å². The fourth-order valence-corrected chi connectivity index (χ4v) is 4.49. The van der Waals surface area contributed by atoms with Gasteiger partial charge in [-0.05, 0) is 42.3 Å². The Morgan fingerprint density at radius 3 is 2.21 bits per heavy atom. The Bertz CT molecular complexity index is 1260. The van der Waals surface area contributed by atoms with Gasteiger partial charge in [-0.25, -0.2) is 13.8 Å². The van der Waals surface area contributed by atoms with Gasteiger partial charge in [0.2, 0.25) is 15.9 Å². The van der Waals surface area contributed by atoms with Crippen LogP contribution in [-0.4, -0.2) is 37.3 Å². The van der Waals surface area contributed by atoms with Crippen LogP contribution in [0.1, 0.15) is 23.6 Å². The van der Waals surface area contributed by atoms with Crippen molar-refractivity contribution in [1.82, 2.24) is 9.73 Å². The molecule has 3 rings (SSSR count). The van der Waals surface area contributed by atoms with Crippen LogP contribution in [0.2, 0.25) is 0 Å². The smallest absolute Gasteiger partial charge is 0.255 e. The Kier molecular flexibility index (Phi) is 8.29. The first-order valence-corrected chi connectivity index (χ1v) is 12.0. The summed E-state index contributed by atoms with van der Waals surface area (Å²) in [5.74, 6) is -0.832. The van der Waals surface area contributed by atoms with E-state index >= 15 is 0 Å². The van der Waals surface area contributed by atoms with Gasteiger partial charge in [0.15, 0.2) is 0 Å². The van der Waals surface area contributed by atoms with Crippen molar-refractivity contribution in [3.63, 3.8) is 0 Å². The van der Waals surface area contributed by atoms with Crippen molar-refractivity contribution in [2.24, 2.45) is 5.10 Å². The van der Waals surface area contributed by atoms with Crippen molar-refractivity contribution < 1.29 is 18.0 Å². The highest BCUT2D eigenvalue weighted by molar-refractivity contribution is 7.89. The van der Waals surface area contributed by atoms with Crippen molar-refractivity contribution in [2.75, 3.05) is 11.9 Å². The standard InChI is InChI=1S/C25H26N4O4S/c1-19-8-10-21(11-9-19)16-26-28-25(31)18-29(17-22-6-4-3-5-7-22)34(32,33)24-14-12-23(13-15-24)27-20(2)30/h3-16H,17-18H2,1-2H3,(H,27,30)(H,28,31)/b26-16-. The molecule has 34 heavy (non-hydrogen) atoms. The van der Waals surface area contributed by atoms with Gasteiger partial charge in [0.25, 0.3) is 5.91 Å². The molecule has 0 bridgehead atoms. The molecule has 0 aliphatic heterocycles. The van der Waals surface area contributed by atoms with Gasteiger partial charge < -0.3 is 5.32 Å². The van der Waals surface area contributed by atoms with E-state index < -0.39 is 22.5 Å². The molecule has 9 heteroatoms. The van der Waals surface area contributed by atoms with Gasteiger partial charge in [0, 0.05) is 19.2 Å². The molecule has 0 radical (unpaired) electrons. The van der Waals surface area contributed by atoms with Gasteiger partial charge >= 0.3 is 0 Å². The molecule has 176 valence electrons. The van der Waals surface area contributed by atoms with Gasteiger partial charge in [-0.3, -0.25) is 9.59 Å². The van der Waals surface area contributed by atoms with Gasteiger partial charge in [-0.2, -0.15) is 9.41 Å². The molecule has 0 atom stereocenters. The zero-order valence-corrected chi connectivity index (χ0v) is 19.7. The molecule has 8 nitrogen and oxygen atoms in total. The highest BCUT2D eigenvalue weighted by Gasteiger charge is 2.27. The quantitative estimate of drug-likeness (QED) is 0.363. The molecule has 0 aromatic heterocycles. The highest BCUT2D eigenvalue weighted by Crippen LogP contribution is 2.20. The highest BCUT2D eigenvalue weighted by atomic mass is 32.2. The lowest BCUT2D eigenvalue weighted by atomic mass is 10.2. The van der Waals surface area contributed by atoms with Crippen LogP contribution in [0.15, 0.2) is 88.9 Å². The normalized spacial score (nSPS) is 11.5. The fraction of sp³-hybridized carbons (Fsp3) is 0.160. The van der Waals surface area contributed by atoms with Crippen LogP contribution in [0.3, 0.4) is 0 Å². The first-order valence-electron chi connectivity index (χ1n) is 10.5. The van der Waals surface area contributed by atoms with E-state index in [1.165, 1.54) is 37.4 Å². The van der Waals surface area contributed by atoms with Crippen LogP contribution in [0, 0.1) is 6.92 Å². The average Bonchev–Trinajstić information content (AvgIpc) is 2.80. The Morgan fingerprint density at radius 1 is 0.941 bits per heavy atom. The maximum absolute atomic E-state index is 13.4. The predicted octanol–water partition coefficient (Wildman–Crippen LogP) is 3.29. The fourth-order valence-electron chi connectivity index (χ4n) is 3.10. The minimum Gasteiger partial charge on any atom is -0.326 e. The number of aryl methyl sites for hydroxylation is 1. The monoisotopic (exact) mass is 478 g/mol.